The lowest BCUT2D eigenvalue weighted by atomic mass is 10.2. The zero-order chi connectivity index (χ0) is 16.8. The Morgan fingerprint density at radius 2 is 1.96 bits per heavy atom. The maximum atomic E-state index is 12.1. The van der Waals surface area contributed by atoms with E-state index in [1.54, 1.807) is 5.38 Å². The first-order chi connectivity index (χ1) is 11.0. The topological polar surface area (TPSA) is 77.2 Å². The van der Waals surface area contributed by atoms with Gasteiger partial charge in [0.05, 0.1) is 6.10 Å². The zero-order valence-electron chi connectivity index (χ0n) is 14.1. The molecule has 132 valence electrons. The quantitative estimate of drug-likeness (QED) is 0.784. The standard InChI is InChI=1S/C17H23N3O2S.ClH/c1-11(2)22-14-6-4-13(5-7-14)17-20-15(10-23-17)16(21)19-9-12(3)8-18;/h4-7,10-12H,8-9,18H2,1-3H3,(H,19,21);1H. The Hall–Kier alpha value is -1.63. The van der Waals surface area contributed by atoms with Gasteiger partial charge in [-0.05, 0) is 50.6 Å². The minimum Gasteiger partial charge on any atom is -0.491 e. The lowest BCUT2D eigenvalue weighted by Gasteiger charge is -2.09. The molecule has 1 amide bonds. The van der Waals surface area contributed by atoms with Gasteiger partial charge < -0.3 is 15.8 Å². The normalized spacial score (nSPS) is 11.7. The molecule has 1 unspecified atom stereocenters. The molecule has 1 aromatic carbocycles. The molecule has 1 heterocycles. The Balaban J connectivity index is 0.00000288. The van der Waals surface area contributed by atoms with E-state index < -0.39 is 0 Å². The van der Waals surface area contributed by atoms with Gasteiger partial charge >= 0.3 is 0 Å². The van der Waals surface area contributed by atoms with Crippen LogP contribution in [-0.2, 0) is 0 Å². The number of nitrogens with two attached hydrogens (primary N) is 1. The molecule has 7 heteroatoms. The van der Waals surface area contributed by atoms with Crippen LogP contribution in [0.25, 0.3) is 10.6 Å². The maximum Gasteiger partial charge on any atom is 0.270 e. The van der Waals surface area contributed by atoms with Crippen molar-refractivity contribution in [3.63, 3.8) is 0 Å². The molecule has 0 bridgehead atoms. The van der Waals surface area contributed by atoms with Crippen LogP contribution in [0, 0.1) is 5.92 Å². The van der Waals surface area contributed by atoms with Gasteiger partial charge in [0.15, 0.2) is 0 Å². The van der Waals surface area contributed by atoms with Crippen LogP contribution in [0.1, 0.15) is 31.3 Å². The second-order valence-corrected chi connectivity index (χ2v) is 6.64. The van der Waals surface area contributed by atoms with Gasteiger partial charge in [0.1, 0.15) is 16.5 Å². The van der Waals surface area contributed by atoms with E-state index in [-0.39, 0.29) is 30.3 Å². The summed E-state index contributed by atoms with van der Waals surface area (Å²) in [4.78, 5) is 16.5. The molecular formula is C17H24ClN3O2S. The third-order valence-corrected chi connectivity index (χ3v) is 4.11. The summed E-state index contributed by atoms with van der Waals surface area (Å²) >= 11 is 1.45. The van der Waals surface area contributed by atoms with E-state index in [2.05, 4.69) is 10.3 Å². The number of nitrogens with zero attached hydrogens (tertiary/aromatic N) is 1. The second-order valence-electron chi connectivity index (χ2n) is 5.78. The van der Waals surface area contributed by atoms with Crippen LogP contribution in [0.15, 0.2) is 29.6 Å². The fourth-order valence-electron chi connectivity index (χ4n) is 1.90. The molecule has 1 aromatic heterocycles. The molecule has 0 saturated carbocycles. The first-order valence-corrected chi connectivity index (χ1v) is 8.58. The highest BCUT2D eigenvalue weighted by Crippen LogP contribution is 2.26. The number of nitrogens with one attached hydrogen (secondary N) is 1. The molecule has 1 atom stereocenters. The van der Waals surface area contributed by atoms with Crippen molar-refractivity contribution in [2.24, 2.45) is 11.7 Å². The molecule has 0 radical (unpaired) electrons. The van der Waals surface area contributed by atoms with Crippen molar-refractivity contribution in [3.8, 4) is 16.3 Å². The fraction of sp³-hybridized carbons (Fsp3) is 0.412. The summed E-state index contributed by atoms with van der Waals surface area (Å²) in [6.45, 7) is 7.08. The summed E-state index contributed by atoms with van der Waals surface area (Å²) < 4.78 is 5.62. The Morgan fingerprint density at radius 1 is 1.29 bits per heavy atom. The van der Waals surface area contributed by atoms with Gasteiger partial charge in [-0.15, -0.1) is 23.7 Å². The highest BCUT2D eigenvalue weighted by atomic mass is 35.5. The maximum absolute atomic E-state index is 12.1. The Kier molecular flexibility index (Phi) is 8.18. The van der Waals surface area contributed by atoms with E-state index in [9.17, 15) is 4.79 Å². The summed E-state index contributed by atoms with van der Waals surface area (Å²) in [7, 11) is 0. The molecule has 0 fully saturated rings. The van der Waals surface area contributed by atoms with E-state index >= 15 is 0 Å². The second kappa shape index (κ2) is 9.61. The van der Waals surface area contributed by atoms with Crippen LogP contribution in [-0.4, -0.2) is 30.1 Å². The van der Waals surface area contributed by atoms with E-state index in [4.69, 9.17) is 10.5 Å². The monoisotopic (exact) mass is 369 g/mol. The number of halogens is 1. The minimum absolute atomic E-state index is 0. The van der Waals surface area contributed by atoms with Gasteiger partial charge in [-0.2, -0.15) is 0 Å². The summed E-state index contributed by atoms with van der Waals surface area (Å²) in [6.07, 6.45) is 0.145. The number of aromatic nitrogens is 1. The number of benzene rings is 1. The van der Waals surface area contributed by atoms with Gasteiger partial charge in [-0.25, -0.2) is 4.98 Å². The largest absolute Gasteiger partial charge is 0.491 e. The first-order valence-electron chi connectivity index (χ1n) is 7.70. The van der Waals surface area contributed by atoms with Gasteiger partial charge in [0.2, 0.25) is 0 Å². The molecule has 0 aliphatic heterocycles. The lowest BCUT2D eigenvalue weighted by Crippen LogP contribution is -2.31. The highest BCUT2D eigenvalue weighted by Gasteiger charge is 2.12. The van der Waals surface area contributed by atoms with Crippen LogP contribution >= 0.6 is 23.7 Å². The fourth-order valence-corrected chi connectivity index (χ4v) is 2.71. The Labute approximate surface area is 153 Å². The van der Waals surface area contributed by atoms with E-state index in [0.717, 1.165) is 16.3 Å². The van der Waals surface area contributed by atoms with Crippen molar-refractivity contribution in [2.45, 2.75) is 26.9 Å². The molecule has 24 heavy (non-hydrogen) atoms. The summed E-state index contributed by atoms with van der Waals surface area (Å²) in [5.41, 5.74) is 6.96. The predicted molar refractivity (Wildman–Crippen MR) is 101 cm³/mol. The average molecular weight is 370 g/mol. The van der Waals surface area contributed by atoms with Crippen molar-refractivity contribution in [1.82, 2.24) is 10.3 Å². The smallest absolute Gasteiger partial charge is 0.270 e. The average Bonchev–Trinajstić information content (AvgIpc) is 3.02. The Bertz CT molecular complexity index is 644. The number of thiazole rings is 1. The van der Waals surface area contributed by atoms with E-state index in [1.807, 2.05) is 45.0 Å². The molecule has 0 spiro atoms. The number of amides is 1. The number of rotatable bonds is 7. The minimum atomic E-state index is -0.160. The zero-order valence-corrected chi connectivity index (χ0v) is 15.7. The van der Waals surface area contributed by atoms with Crippen molar-refractivity contribution < 1.29 is 9.53 Å². The molecule has 2 aromatic rings. The molecule has 2 rings (SSSR count). The number of hydrogen-bond acceptors (Lipinski definition) is 5. The molecule has 0 aliphatic carbocycles. The third-order valence-electron chi connectivity index (χ3n) is 3.22. The predicted octanol–water partition coefficient (Wildman–Crippen LogP) is 3.34. The van der Waals surface area contributed by atoms with Crippen molar-refractivity contribution in [2.75, 3.05) is 13.1 Å². The van der Waals surface area contributed by atoms with Crippen LogP contribution in [0.2, 0.25) is 0 Å². The van der Waals surface area contributed by atoms with Gasteiger partial charge in [0, 0.05) is 17.5 Å². The molecule has 0 aliphatic rings. The third kappa shape index (κ3) is 5.78. The van der Waals surface area contributed by atoms with Crippen molar-refractivity contribution in [1.29, 1.82) is 0 Å². The van der Waals surface area contributed by atoms with Crippen molar-refractivity contribution in [3.05, 3.63) is 35.3 Å². The Morgan fingerprint density at radius 3 is 2.54 bits per heavy atom. The number of carbonyl (C=O) groups excluding carboxylic acids is 1. The van der Waals surface area contributed by atoms with Crippen molar-refractivity contribution >= 4 is 29.7 Å². The first kappa shape index (κ1) is 20.4. The van der Waals surface area contributed by atoms with Crippen LogP contribution in [0.3, 0.4) is 0 Å². The molecular weight excluding hydrogens is 346 g/mol. The molecule has 5 nitrogen and oxygen atoms in total. The molecule has 0 saturated heterocycles. The van der Waals surface area contributed by atoms with Gasteiger partial charge in [0.25, 0.3) is 5.91 Å². The number of ether oxygens (including phenoxy) is 1. The van der Waals surface area contributed by atoms with Crippen LogP contribution < -0.4 is 15.8 Å². The highest BCUT2D eigenvalue weighted by molar-refractivity contribution is 7.13. The lowest BCUT2D eigenvalue weighted by molar-refractivity contribution is 0.0944. The number of hydrogen-bond donors (Lipinski definition) is 2. The van der Waals surface area contributed by atoms with E-state index in [0.29, 0.717) is 18.8 Å². The summed E-state index contributed by atoms with van der Waals surface area (Å²) in [5.74, 6) is 0.923. The van der Waals surface area contributed by atoms with E-state index in [1.165, 1.54) is 11.3 Å². The van der Waals surface area contributed by atoms with Gasteiger partial charge in [-0.3, -0.25) is 4.79 Å². The summed E-state index contributed by atoms with van der Waals surface area (Å²) in [5, 5.41) is 5.44. The van der Waals surface area contributed by atoms with Gasteiger partial charge in [-0.1, -0.05) is 6.92 Å². The summed E-state index contributed by atoms with van der Waals surface area (Å²) in [6, 6.07) is 7.74. The van der Waals surface area contributed by atoms with Crippen LogP contribution in [0.4, 0.5) is 0 Å². The van der Waals surface area contributed by atoms with Crippen LogP contribution in [0.5, 0.6) is 5.75 Å². The molecule has 3 N–H and O–H groups in total. The number of carbonyl (C=O) groups is 1. The SMILES string of the molecule is CC(CN)CNC(=O)c1csc(-c2ccc(OC(C)C)cc2)n1.Cl.